The summed E-state index contributed by atoms with van der Waals surface area (Å²) in [4.78, 5) is 7.30. The first-order chi connectivity index (χ1) is 11.6. The van der Waals surface area contributed by atoms with Gasteiger partial charge in [0.15, 0.2) is 5.96 Å². The zero-order chi connectivity index (χ0) is 17.4. The Morgan fingerprint density at radius 2 is 2.08 bits per heavy atom. The van der Waals surface area contributed by atoms with E-state index in [0.717, 1.165) is 48.5 Å². The molecule has 0 bridgehead atoms. The molecular weight excluding hydrogens is 307 g/mol. The third-order valence-electron chi connectivity index (χ3n) is 3.63. The Morgan fingerprint density at radius 1 is 1.29 bits per heavy atom. The highest BCUT2D eigenvalue weighted by Gasteiger charge is 2.05. The first kappa shape index (κ1) is 18.3. The van der Waals surface area contributed by atoms with Gasteiger partial charge >= 0.3 is 0 Å². The lowest BCUT2D eigenvalue weighted by Crippen LogP contribution is -2.39. The average molecular weight is 334 g/mol. The van der Waals surface area contributed by atoms with Crippen molar-refractivity contribution in [1.29, 1.82) is 0 Å². The van der Waals surface area contributed by atoms with E-state index in [0.29, 0.717) is 12.5 Å². The third kappa shape index (κ3) is 5.53. The topological polar surface area (TPSA) is 61.4 Å². The maximum Gasteiger partial charge on any atom is 0.191 e. The summed E-state index contributed by atoms with van der Waals surface area (Å²) in [6, 6.07) is 4.82. The fraction of sp³-hybridized carbons (Fsp3) is 0.500. The van der Waals surface area contributed by atoms with E-state index in [9.17, 15) is 4.39 Å². The van der Waals surface area contributed by atoms with Gasteiger partial charge in [-0.2, -0.15) is 0 Å². The molecule has 24 heavy (non-hydrogen) atoms. The van der Waals surface area contributed by atoms with Crippen LogP contribution >= 0.6 is 0 Å². The lowest BCUT2D eigenvalue weighted by Gasteiger charge is -2.12. The van der Waals surface area contributed by atoms with Crippen LogP contribution < -0.4 is 10.6 Å². The number of guanidine groups is 1. The molecule has 2 rings (SSSR count). The van der Waals surface area contributed by atoms with E-state index >= 15 is 0 Å². The van der Waals surface area contributed by atoms with Crippen LogP contribution in [0.3, 0.4) is 0 Å². The van der Waals surface area contributed by atoms with Crippen LogP contribution in [0.4, 0.5) is 4.39 Å². The van der Waals surface area contributed by atoms with E-state index in [4.69, 9.17) is 4.74 Å². The summed E-state index contributed by atoms with van der Waals surface area (Å²) >= 11 is 0. The van der Waals surface area contributed by atoms with Crippen molar-refractivity contribution in [3.8, 4) is 0 Å². The van der Waals surface area contributed by atoms with Gasteiger partial charge in [0.2, 0.25) is 0 Å². The van der Waals surface area contributed by atoms with Crippen LogP contribution in [0.2, 0.25) is 0 Å². The first-order valence-electron chi connectivity index (χ1n) is 8.38. The van der Waals surface area contributed by atoms with Gasteiger partial charge in [0.1, 0.15) is 5.82 Å². The molecule has 0 aliphatic carbocycles. The normalized spacial score (nSPS) is 12.1. The van der Waals surface area contributed by atoms with Crippen molar-refractivity contribution in [2.75, 3.05) is 33.4 Å². The Morgan fingerprint density at radius 3 is 2.83 bits per heavy atom. The Labute approximate surface area is 142 Å². The highest BCUT2D eigenvalue weighted by molar-refractivity contribution is 5.83. The molecule has 2 aromatic rings. The number of ether oxygens (including phenoxy) is 1. The van der Waals surface area contributed by atoms with E-state index in [1.807, 2.05) is 12.3 Å². The van der Waals surface area contributed by atoms with Gasteiger partial charge in [0.05, 0.1) is 6.61 Å². The minimum Gasteiger partial charge on any atom is -0.379 e. The van der Waals surface area contributed by atoms with E-state index in [1.54, 1.807) is 7.05 Å². The SMILES string of the molecule is CN=C(NCCOCC(C)C)NCCc1c[nH]c2cc(F)ccc12. The van der Waals surface area contributed by atoms with Crippen molar-refractivity contribution in [2.45, 2.75) is 20.3 Å². The molecule has 1 heterocycles. The first-order valence-corrected chi connectivity index (χ1v) is 8.38. The number of nitrogens with one attached hydrogen (secondary N) is 3. The molecule has 0 radical (unpaired) electrons. The molecule has 0 spiro atoms. The lowest BCUT2D eigenvalue weighted by atomic mass is 10.1. The number of fused-ring (bicyclic) bond motifs is 1. The molecule has 0 aliphatic heterocycles. The molecule has 3 N–H and O–H groups in total. The number of aliphatic imine (C=N–C) groups is 1. The fourth-order valence-corrected chi connectivity index (χ4v) is 2.46. The molecule has 6 heteroatoms. The second-order valence-corrected chi connectivity index (χ2v) is 6.15. The van der Waals surface area contributed by atoms with E-state index in [1.165, 1.54) is 12.1 Å². The summed E-state index contributed by atoms with van der Waals surface area (Å²) in [6.07, 6.45) is 2.76. The highest BCUT2D eigenvalue weighted by Crippen LogP contribution is 2.19. The number of benzene rings is 1. The predicted octanol–water partition coefficient (Wildman–Crippen LogP) is 2.69. The van der Waals surface area contributed by atoms with Crippen LogP contribution in [0.5, 0.6) is 0 Å². The smallest absolute Gasteiger partial charge is 0.191 e. The molecule has 5 nitrogen and oxygen atoms in total. The molecule has 0 atom stereocenters. The summed E-state index contributed by atoms with van der Waals surface area (Å²) < 4.78 is 18.7. The highest BCUT2D eigenvalue weighted by atomic mass is 19.1. The quantitative estimate of drug-likeness (QED) is 0.395. The standard InChI is InChI=1S/C18H27FN4O/c1-13(2)12-24-9-8-22-18(20-3)21-7-6-14-11-23-17-10-15(19)4-5-16(14)17/h4-5,10-11,13,23H,6-9,12H2,1-3H3,(H2,20,21,22). The summed E-state index contributed by atoms with van der Waals surface area (Å²) in [5.41, 5.74) is 1.99. The van der Waals surface area contributed by atoms with Crippen molar-refractivity contribution < 1.29 is 9.13 Å². The van der Waals surface area contributed by atoms with Gasteiger partial charge in [-0.15, -0.1) is 0 Å². The second kappa shape index (κ2) is 9.27. The Hall–Kier alpha value is -2.08. The van der Waals surface area contributed by atoms with Gasteiger partial charge in [-0.3, -0.25) is 4.99 Å². The number of H-pyrrole nitrogens is 1. The number of hydrogen-bond acceptors (Lipinski definition) is 2. The van der Waals surface area contributed by atoms with Crippen molar-refractivity contribution in [3.05, 3.63) is 35.8 Å². The number of hydrogen-bond donors (Lipinski definition) is 3. The zero-order valence-corrected chi connectivity index (χ0v) is 14.7. The molecule has 0 unspecified atom stereocenters. The summed E-state index contributed by atoms with van der Waals surface area (Å²) in [7, 11) is 1.75. The third-order valence-corrected chi connectivity index (χ3v) is 3.63. The molecule has 0 aliphatic rings. The van der Waals surface area contributed by atoms with Gasteiger partial charge in [-0.05, 0) is 36.1 Å². The van der Waals surface area contributed by atoms with Crippen molar-refractivity contribution in [3.63, 3.8) is 0 Å². The average Bonchev–Trinajstić information content (AvgIpc) is 2.94. The Bertz CT molecular complexity index is 666. The number of nitrogens with zero attached hydrogens (tertiary/aromatic N) is 1. The Balaban J connectivity index is 1.73. The minimum absolute atomic E-state index is 0.224. The maximum absolute atomic E-state index is 13.2. The second-order valence-electron chi connectivity index (χ2n) is 6.15. The van der Waals surface area contributed by atoms with Crippen LogP contribution in [0.25, 0.3) is 10.9 Å². The van der Waals surface area contributed by atoms with Crippen LogP contribution in [-0.4, -0.2) is 44.3 Å². The number of rotatable bonds is 8. The summed E-state index contributed by atoms with van der Waals surface area (Å²) in [5, 5.41) is 7.56. The fourth-order valence-electron chi connectivity index (χ4n) is 2.46. The predicted molar refractivity (Wildman–Crippen MR) is 97.0 cm³/mol. The number of halogens is 1. The molecule has 132 valence electrons. The van der Waals surface area contributed by atoms with Crippen molar-refractivity contribution in [2.24, 2.45) is 10.9 Å². The molecule has 1 aromatic carbocycles. The van der Waals surface area contributed by atoms with Crippen LogP contribution in [0.1, 0.15) is 19.4 Å². The van der Waals surface area contributed by atoms with Crippen LogP contribution in [0.15, 0.2) is 29.4 Å². The van der Waals surface area contributed by atoms with E-state index in [-0.39, 0.29) is 5.82 Å². The van der Waals surface area contributed by atoms with Crippen molar-refractivity contribution >= 4 is 16.9 Å². The van der Waals surface area contributed by atoms with E-state index in [2.05, 4.69) is 34.5 Å². The number of aromatic nitrogens is 1. The lowest BCUT2D eigenvalue weighted by molar-refractivity contribution is 0.114. The van der Waals surface area contributed by atoms with Gasteiger partial charge in [0, 0.05) is 43.8 Å². The monoisotopic (exact) mass is 334 g/mol. The molecule has 1 aromatic heterocycles. The molecule has 0 fully saturated rings. The summed E-state index contributed by atoms with van der Waals surface area (Å²) in [5.74, 6) is 1.08. The van der Waals surface area contributed by atoms with Crippen molar-refractivity contribution in [1.82, 2.24) is 15.6 Å². The molecule has 0 saturated carbocycles. The number of aromatic amines is 1. The summed E-state index contributed by atoms with van der Waals surface area (Å²) in [6.45, 7) is 7.16. The molecule has 0 amide bonds. The van der Waals surface area contributed by atoms with Gasteiger partial charge in [0.25, 0.3) is 0 Å². The van der Waals surface area contributed by atoms with Gasteiger partial charge < -0.3 is 20.4 Å². The Kier molecular flexibility index (Phi) is 7.06. The van der Waals surface area contributed by atoms with Crippen LogP contribution in [0, 0.1) is 11.7 Å². The van der Waals surface area contributed by atoms with Gasteiger partial charge in [-0.25, -0.2) is 4.39 Å². The molecule has 0 saturated heterocycles. The van der Waals surface area contributed by atoms with E-state index < -0.39 is 0 Å². The van der Waals surface area contributed by atoms with Gasteiger partial charge in [-0.1, -0.05) is 13.8 Å². The van der Waals surface area contributed by atoms with Crippen LogP contribution in [-0.2, 0) is 11.2 Å². The zero-order valence-electron chi connectivity index (χ0n) is 14.7. The minimum atomic E-state index is -0.224. The largest absolute Gasteiger partial charge is 0.379 e. The molecular formula is C18H27FN4O. The maximum atomic E-state index is 13.2.